The van der Waals surface area contributed by atoms with E-state index in [0.717, 1.165) is 6.42 Å². The van der Waals surface area contributed by atoms with Crippen molar-refractivity contribution in [1.29, 1.82) is 0 Å². The molecule has 0 aromatic rings. The lowest BCUT2D eigenvalue weighted by Crippen LogP contribution is -2.55. The number of ether oxygens (including phenoxy) is 1. The number of nitrogens with zero attached hydrogens (tertiary/aromatic N) is 1. The number of rotatable bonds is 4. The summed E-state index contributed by atoms with van der Waals surface area (Å²) in [4.78, 5) is 12.9. The second kappa shape index (κ2) is 5.29. The van der Waals surface area contributed by atoms with E-state index in [4.69, 9.17) is 15.6 Å². The molecule has 1 saturated heterocycles. The van der Waals surface area contributed by atoms with Crippen LogP contribution in [0.3, 0.4) is 0 Å². The van der Waals surface area contributed by atoms with Gasteiger partial charge in [0.2, 0.25) is 0 Å². The molecule has 0 aromatic heterocycles. The van der Waals surface area contributed by atoms with E-state index < -0.39 is 12.0 Å². The lowest BCUT2D eigenvalue weighted by molar-refractivity contribution is -0.146. The van der Waals surface area contributed by atoms with Crippen LogP contribution in [0.1, 0.15) is 13.3 Å². The maximum Gasteiger partial charge on any atom is 0.322 e. The SMILES string of the molecule is CCC1COCCN1C(CN)C(=O)O. The van der Waals surface area contributed by atoms with Crippen LogP contribution in [0.15, 0.2) is 0 Å². The molecule has 1 heterocycles. The summed E-state index contributed by atoms with van der Waals surface area (Å²) in [5.74, 6) is -0.840. The number of carboxylic acid groups (broad SMARTS) is 1. The van der Waals surface area contributed by atoms with Crippen LogP contribution in [0.5, 0.6) is 0 Å². The highest BCUT2D eigenvalue weighted by molar-refractivity contribution is 5.73. The molecule has 0 bridgehead atoms. The Morgan fingerprint density at radius 2 is 2.50 bits per heavy atom. The van der Waals surface area contributed by atoms with Gasteiger partial charge in [0.1, 0.15) is 6.04 Å². The lowest BCUT2D eigenvalue weighted by Gasteiger charge is -2.38. The molecule has 14 heavy (non-hydrogen) atoms. The second-order valence-corrected chi connectivity index (χ2v) is 3.46. The zero-order valence-electron chi connectivity index (χ0n) is 8.48. The molecule has 0 aromatic carbocycles. The summed E-state index contributed by atoms with van der Waals surface area (Å²) in [5.41, 5.74) is 5.46. The Morgan fingerprint density at radius 1 is 1.79 bits per heavy atom. The zero-order valence-corrected chi connectivity index (χ0v) is 8.48. The van der Waals surface area contributed by atoms with Crippen LogP contribution in [0.2, 0.25) is 0 Å². The first-order valence-electron chi connectivity index (χ1n) is 4.97. The summed E-state index contributed by atoms with van der Waals surface area (Å²) in [6.07, 6.45) is 0.893. The van der Waals surface area contributed by atoms with Crippen LogP contribution in [-0.2, 0) is 9.53 Å². The van der Waals surface area contributed by atoms with Crippen molar-refractivity contribution in [1.82, 2.24) is 4.90 Å². The van der Waals surface area contributed by atoms with Crippen molar-refractivity contribution >= 4 is 5.97 Å². The van der Waals surface area contributed by atoms with Gasteiger partial charge in [-0.05, 0) is 6.42 Å². The van der Waals surface area contributed by atoms with Gasteiger partial charge < -0.3 is 15.6 Å². The maximum atomic E-state index is 10.9. The third-order valence-electron chi connectivity index (χ3n) is 2.65. The highest BCUT2D eigenvalue weighted by atomic mass is 16.5. The first kappa shape index (κ1) is 11.4. The first-order valence-corrected chi connectivity index (χ1v) is 4.97. The van der Waals surface area contributed by atoms with Crippen molar-refractivity contribution in [2.75, 3.05) is 26.3 Å². The largest absolute Gasteiger partial charge is 0.480 e. The van der Waals surface area contributed by atoms with Crippen LogP contribution in [0.25, 0.3) is 0 Å². The van der Waals surface area contributed by atoms with Gasteiger partial charge in [0, 0.05) is 19.1 Å². The van der Waals surface area contributed by atoms with Gasteiger partial charge in [-0.25, -0.2) is 0 Å². The monoisotopic (exact) mass is 202 g/mol. The summed E-state index contributed by atoms with van der Waals surface area (Å²) in [7, 11) is 0. The summed E-state index contributed by atoms with van der Waals surface area (Å²) in [5, 5.41) is 8.98. The van der Waals surface area contributed by atoms with Gasteiger partial charge in [-0.1, -0.05) is 6.92 Å². The third-order valence-corrected chi connectivity index (χ3v) is 2.65. The molecular weight excluding hydrogens is 184 g/mol. The average Bonchev–Trinajstić information content (AvgIpc) is 2.19. The fourth-order valence-electron chi connectivity index (χ4n) is 1.81. The van der Waals surface area contributed by atoms with Crippen molar-refractivity contribution in [3.05, 3.63) is 0 Å². The number of hydrogen-bond donors (Lipinski definition) is 2. The van der Waals surface area contributed by atoms with Gasteiger partial charge in [-0.2, -0.15) is 0 Å². The highest BCUT2D eigenvalue weighted by Crippen LogP contribution is 2.13. The highest BCUT2D eigenvalue weighted by Gasteiger charge is 2.31. The average molecular weight is 202 g/mol. The Kier molecular flexibility index (Phi) is 4.31. The zero-order chi connectivity index (χ0) is 10.6. The molecule has 0 aliphatic carbocycles. The number of nitrogens with two attached hydrogens (primary N) is 1. The Bertz CT molecular complexity index is 198. The van der Waals surface area contributed by atoms with E-state index in [-0.39, 0.29) is 12.6 Å². The van der Waals surface area contributed by atoms with Crippen molar-refractivity contribution in [2.45, 2.75) is 25.4 Å². The Hall–Kier alpha value is -0.650. The summed E-state index contributed by atoms with van der Waals surface area (Å²) >= 11 is 0. The van der Waals surface area contributed by atoms with E-state index >= 15 is 0 Å². The molecule has 0 saturated carbocycles. The first-order chi connectivity index (χ1) is 6.70. The van der Waals surface area contributed by atoms with E-state index in [1.165, 1.54) is 0 Å². The van der Waals surface area contributed by atoms with E-state index in [1.807, 2.05) is 11.8 Å². The molecular formula is C9H18N2O3. The molecule has 0 radical (unpaired) electrons. The molecule has 0 amide bonds. The van der Waals surface area contributed by atoms with Crippen LogP contribution in [0.4, 0.5) is 0 Å². The van der Waals surface area contributed by atoms with E-state index in [0.29, 0.717) is 19.8 Å². The van der Waals surface area contributed by atoms with E-state index in [2.05, 4.69) is 0 Å². The quantitative estimate of drug-likeness (QED) is 0.643. The van der Waals surface area contributed by atoms with Crippen LogP contribution >= 0.6 is 0 Å². The van der Waals surface area contributed by atoms with Crippen molar-refractivity contribution in [2.24, 2.45) is 5.73 Å². The van der Waals surface area contributed by atoms with Crippen LogP contribution < -0.4 is 5.73 Å². The molecule has 5 nitrogen and oxygen atoms in total. The summed E-state index contributed by atoms with van der Waals surface area (Å²) in [6, 6.07) is -0.378. The minimum atomic E-state index is -0.840. The van der Waals surface area contributed by atoms with Crippen LogP contribution in [-0.4, -0.2) is 54.4 Å². The number of hydrogen-bond acceptors (Lipinski definition) is 4. The normalized spacial score (nSPS) is 26.0. The molecule has 1 rings (SSSR count). The molecule has 2 atom stereocenters. The fourth-order valence-corrected chi connectivity index (χ4v) is 1.81. The van der Waals surface area contributed by atoms with E-state index in [1.54, 1.807) is 0 Å². The molecule has 1 aliphatic heterocycles. The van der Waals surface area contributed by atoms with Gasteiger partial charge >= 0.3 is 5.97 Å². The Labute approximate surface area is 83.8 Å². The third kappa shape index (κ3) is 2.43. The molecule has 0 spiro atoms. The molecule has 82 valence electrons. The predicted molar refractivity (Wildman–Crippen MR) is 52.1 cm³/mol. The summed E-state index contributed by atoms with van der Waals surface area (Å²) < 4.78 is 5.30. The van der Waals surface area contributed by atoms with Gasteiger partial charge in [-0.15, -0.1) is 0 Å². The van der Waals surface area contributed by atoms with Gasteiger partial charge in [0.25, 0.3) is 0 Å². The predicted octanol–water partition coefficient (Wildman–Crippen LogP) is -0.491. The van der Waals surface area contributed by atoms with E-state index in [9.17, 15) is 4.79 Å². The molecule has 1 fully saturated rings. The Morgan fingerprint density at radius 3 is 3.00 bits per heavy atom. The van der Waals surface area contributed by atoms with Crippen molar-refractivity contribution < 1.29 is 14.6 Å². The second-order valence-electron chi connectivity index (χ2n) is 3.46. The van der Waals surface area contributed by atoms with Gasteiger partial charge in [-0.3, -0.25) is 9.69 Å². The minimum Gasteiger partial charge on any atom is -0.480 e. The van der Waals surface area contributed by atoms with Crippen LogP contribution in [0, 0.1) is 0 Å². The molecule has 2 unspecified atom stereocenters. The number of aliphatic carboxylic acids is 1. The lowest BCUT2D eigenvalue weighted by atomic mass is 10.1. The standard InChI is InChI=1S/C9H18N2O3/c1-2-7-6-14-4-3-11(7)8(5-10)9(12)13/h7-8H,2-6,10H2,1H3,(H,12,13). The smallest absolute Gasteiger partial charge is 0.322 e. The van der Waals surface area contributed by atoms with Gasteiger partial charge in [0.05, 0.1) is 13.2 Å². The Balaban J connectivity index is 2.65. The maximum absolute atomic E-state index is 10.9. The fraction of sp³-hybridized carbons (Fsp3) is 0.889. The molecule has 1 aliphatic rings. The van der Waals surface area contributed by atoms with Crippen molar-refractivity contribution in [3.8, 4) is 0 Å². The summed E-state index contributed by atoms with van der Waals surface area (Å²) in [6.45, 7) is 4.06. The topological polar surface area (TPSA) is 75.8 Å². The number of carboxylic acids is 1. The van der Waals surface area contributed by atoms with Gasteiger partial charge in [0.15, 0.2) is 0 Å². The molecule has 5 heteroatoms. The minimum absolute atomic E-state index is 0.159. The van der Waals surface area contributed by atoms with Crippen molar-refractivity contribution in [3.63, 3.8) is 0 Å². The molecule has 3 N–H and O–H groups in total. The number of carbonyl (C=O) groups is 1. The number of morpholine rings is 1.